The fourth-order valence-electron chi connectivity index (χ4n) is 0.947. The molecule has 0 amide bonds. The summed E-state index contributed by atoms with van der Waals surface area (Å²) in [5.74, 6) is 1.62. The molecule has 5 heteroatoms. The lowest BCUT2D eigenvalue weighted by Gasteiger charge is -1.90. The summed E-state index contributed by atoms with van der Waals surface area (Å²) in [4.78, 5) is 5.06. The maximum absolute atomic E-state index is 5.58. The van der Waals surface area contributed by atoms with Crippen LogP contribution in [0.4, 0.5) is 0 Å². The third-order valence-corrected chi connectivity index (χ3v) is 3.59. The van der Waals surface area contributed by atoms with Crippen LogP contribution in [-0.2, 0) is 5.88 Å². The highest BCUT2D eigenvalue weighted by Crippen LogP contribution is 2.33. The minimum absolute atomic E-state index is 0.309. The summed E-state index contributed by atoms with van der Waals surface area (Å²) in [7, 11) is 0. The Hall–Kier alpha value is -0.320. The average Bonchev–Trinajstić information content (AvgIpc) is 2.71. The summed E-state index contributed by atoms with van der Waals surface area (Å²) in [6.07, 6.45) is 1.69. The summed E-state index contributed by atoms with van der Waals surface area (Å²) < 4.78 is 6.42. The Morgan fingerprint density at radius 2 is 2.46 bits per heavy atom. The normalized spacial score (nSPS) is 10.6. The van der Waals surface area contributed by atoms with Crippen LogP contribution in [0.1, 0.15) is 5.89 Å². The van der Waals surface area contributed by atoms with Crippen molar-refractivity contribution in [3.05, 3.63) is 28.0 Å². The second kappa shape index (κ2) is 3.82. The minimum atomic E-state index is 0.309. The van der Waals surface area contributed by atoms with Gasteiger partial charge in [0.1, 0.15) is 0 Å². The van der Waals surface area contributed by atoms with E-state index >= 15 is 0 Å². The topological polar surface area (TPSA) is 26.0 Å². The van der Waals surface area contributed by atoms with Gasteiger partial charge in [0.05, 0.1) is 17.0 Å². The van der Waals surface area contributed by atoms with E-state index in [1.807, 2.05) is 11.4 Å². The van der Waals surface area contributed by atoms with E-state index < -0.39 is 0 Å². The zero-order valence-electron chi connectivity index (χ0n) is 6.46. The molecule has 68 valence electrons. The molecule has 0 N–H and O–H groups in total. The Balaban J connectivity index is 2.41. The first-order chi connectivity index (χ1) is 6.31. The van der Waals surface area contributed by atoms with Crippen LogP contribution in [0.25, 0.3) is 10.6 Å². The molecule has 2 nitrogen and oxygen atoms in total. The number of thiophene rings is 1. The Bertz CT molecular complexity index is 412. The molecule has 0 aliphatic rings. The van der Waals surface area contributed by atoms with E-state index in [2.05, 4.69) is 20.9 Å². The van der Waals surface area contributed by atoms with Crippen molar-refractivity contribution >= 4 is 38.9 Å². The van der Waals surface area contributed by atoms with Crippen molar-refractivity contribution in [3.63, 3.8) is 0 Å². The van der Waals surface area contributed by atoms with Gasteiger partial charge in [0.2, 0.25) is 5.89 Å². The van der Waals surface area contributed by atoms with E-state index in [1.165, 1.54) is 0 Å². The quantitative estimate of drug-likeness (QED) is 0.779. The molecule has 2 rings (SSSR count). The minimum Gasteiger partial charge on any atom is -0.439 e. The molecule has 0 aliphatic heterocycles. The first kappa shape index (κ1) is 9.24. The molecule has 0 atom stereocenters. The number of rotatable bonds is 2. The third-order valence-electron chi connectivity index (χ3n) is 1.51. The summed E-state index contributed by atoms with van der Waals surface area (Å²) in [6, 6.07) is 1.98. The van der Waals surface area contributed by atoms with E-state index in [0.717, 1.165) is 15.1 Å². The third kappa shape index (κ3) is 1.80. The molecule has 0 saturated heterocycles. The Kier molecular flexibility index (Phi) is 2.71. The number of nitrogens with zero attached hydrogens (tertiary/aromatic N) is 1. The fourth-order valence-corrected chi connectivity index (χ4v) is 2.58. The Labute approximate surface area is 92.7 Å². The van der Waals surface area contributed by atoms with E-state index in [9.17, 15) is 0 Å². The largest absolute Gasteiger partial charge is 0.439 e. The van der Waals surface area contributed by atoms with Gasteiger partial charge in [-0.15, -0.1) is 22.9 Å². The molecule has 0 bridgehead atoms. The van der Waals surface area contributed by atoms with Crippen molar-refractivity contribution in [2.45, 2.75) is 5.88 Å². The Morgan fingerprint density at radius 1 is 1.62 bits per heavy atom. The molecule has 0 saturated carbocycles. The zero-order chi connectivity index (χ0) is 9.26. The van der Waals surface area contributed by atoms with E-state index in [4.69, 9.17) is 16.0 Å². The van der Waals surface area contributed by atoms with Crippen LogP contribution in [0.3, 0.4) is 0 Å². The van der Waals surface area contributed by atoms with Crippen LogP contribution in [-0.4, -0.2) is 4.98 Å². The Morgan fingerprint density at radius 3 is 3.00 bits per heavy atom. The van der Waals surface area contributed by atoms with Crippen LogP contribution < -0.4 is 0 Å². The molecular weight excluding hydrogens is 274 g/mol. The van der Waals surface area contributed by atoms with Crippen molar-refractivity contribution < 1.29 is 4.42 Å². The van der Waals surface area contributed by atoms with Crippen molar-refractivity contribution in [2.75, 3.05) is 0 Å². The summed E-state index contributed by atoms with van der Waals surface area (Å²) in [5, 5.41) is 1.99. The van der Waals surface area contributed by atoms with Gasteiger partial charge in [-0.1, -0.05) is 0 Å². The van der Waals surface area contributed by atoms with Gasteiger partial charge in [0.25, 0.3) is 0 Å². The molecule has 0 aromatic carbocycles. The van der Waals surface area contributed by atoms with Crippen LogP contribution >= 0.6 is 38.9 Å². The first-order valence-corrected chi connectivity index (χ1v) is 5.76. The molecule has 2 heterocycles. The summed E-state index contributed by atoms with van der Waals surface area (Å²) >= 11 is 10.6. The summed E-state index contributed by atoms with van der Waals surface area (Å²) in [6.45, 7) is 0. The molecule has 2 aromatic rings. The smallest absolute Gasteiger partial charge is 0.209 e. The van der Waals surface area contributed by atoms with Crippen molar-refractivity contribution in [3.8, 4) is 10.6 Å². The number of hydrogen-bond acceptors (Lipinski definition) is 3. The van der Waals surface area contributed by atoms with Gasteiger partial charge in [-0.3, -0.25) is 0 Å². The molecular formula is C8H5BrClNOS. The van der Waals surface area contributed by atoms with Gasteiger partial charge in [0, 0.05) is 4.47 Å². The van der Waals surface area contributed by atoms with Crippen LogP contribution in [0.5, 0.6) is 0 Å². The highest BCUT2D eigenvalue weighted by molar-refractivity contribution is 9.10. The average molecular weight is 279 g/mol. The fraction of sp³-hybridized carbons (Fsp3) is 0.125. The van der Waals surface area contributed by atoms with Gasteiger partial charge >= 0.3 is 0 Å². The predicted molar refractivity (Wildman–Crippen MR) is 57.1 cm³/mol. The molecule has 0 spiro atoms. The highest BCUT2D eigenvalue weighted by atomic mass is 79.9. The predicted octanol–water partition coefficient (Wildman–Crippen LogP) is 3.90. The SMILES string of the molecule is ClCc1ncc(-c2sccc2Br)o1. The van der Waals surface area contributed by atoms with Gasteiger partial charge in [-0.05, 0) is 27.4 Å². The van der Waals surface area contributed by atoms with Gasteiger partial charge in [-0.25, -0.2) is 4.98 Å². The van der Waals surface area contributed by atoms with Gasteiger partial charge in [0.15, 0.2) is 5.76 Å². The van der Waals surface area contributed by atoms with Crippen molar-refractivity contribution in [1.82, 2.24) is 4.98 Å². The van der Waals surface area contributed by atoms with Gasteiger partial charge < -0.3 is 4.42 Å². The lowest BCUT2D eigenvalue weighted by atomic mass is 10.4. The lowest BCUT2D eigenvalue weighted by molar-refractivity contribution is 0.529. The van der Waals surface area contributed by atoms with E-state index in [0.29, 0.717) is 11.8 Å². The zero-order valence-corrected chi connectivity index (χ0v) is 9.62. The highest BCUT2D eigenvalue weighted by Gasteiger charge is 2.09. The molecule has 2 aromatic heterocycles. The van der Waals surface area contributed by atoms with Crippen molar-refractivity contribution in [1.29, 1.82) is 0 Å². The standard InChI is InChI=1S/C8H5BrClNOS/c9-5-1-2-13-8(5)6-4-11-7(3-10)12-6/h1-2,4H,3H2. The van der Waals surface area contributed by atoms with Gasteiger partial charge in [-0.2, -0.15) is 0 Å². The molecule has 0 radical (unpaired) electrons. The van der Waals surface area contributed by atoms with E-state index in [1.54, 1.807) is 17.5 Å². The number of halogens is 2. The van der Waals surface area contributed by atoms with E-state index in [-0.39, 0.29) is 0 Å². The monoisotopic (exact) mass is 277 g/mol. The van der Waals surface area contributed by atoms with Crippen LogP contribution in [0, 0.1) is 0 Å². The number of hydrogen-bond donors (Lipinski definition) is 0. The van der Waals surface area contributed by atoms with Crippen LogP contribution in [0.2, 0.25) is 0 Å². The molecule has 0 aliphatic carbocycles. The second-order valence-corrected chi connectivity index (χ2v) is 4.39. The maximum Gasteiger partial charge on any atom is 0.209 e. The molecule has 13 heavy (non-hydrogen) atoms. The number of alkyl halides is 1. The number of oxazole rings is 1. The van der Waals surface area contributed by atoms with Crippen LogP contribution in [0.15, 0.2) is 26.5 Å². The second-order valence-electron chi connectivity index (χ2n) is 2.35. The lowest BCUT2D eigenvalue weighted by Crippen LogP contribution is -1.70. The molecule has 0 unspecified atom stereocenters. The number of aromatic nitrogens is 1. The summed E-state index contributed by atoms with van der Waals surface area (Å²) in [5.41, 5.74) is 0. The van der Waals surface area contributed by atoms with Crippen molar-refractivity contribution in [2.24, 2.45) is 0 Å². The first-order valence-electron chi connectivity index (χ1n) is 3.55. The molecule has 0 fully saturated rings. The maximum atomic E-state index is 5.58.